The van der Waals surface area contributed by atoms with E-state index in [4.69, 9.17) is 0 Å². The summed E-state index contributed by atoms with van der Waals surface area (Å²) in [5.41, 5.74) is 3.66. The normalized spacial score (nSPS) is 18.8. The summed E-state index contributed by atoms with van der Waals surface area (Å²) in [6.45, 7) is 10.9. The van der Waals surface area contributed by atoms with Crippen LogP contribution >= 0.6 is 0 Å². The molecule has 6 heteroatoms. The lowest BCUT2D eigenvalue weighted by Crippen LogP contribution is -2.53. The molecular formula is C23H31N5O. The Balaban J connectivity index is 1.20. The number of hydrogen-bond donors (Lipinski definition) is 0. The molecule has 154 valence electrons. The zero-order chi connectivity index (χ0) is 20.1. The number of carbonyl (C=O) groups is 1. The van der Waals surface area contributed by atoms with Crippen LogP contribution in [0.4, 0.5) is 5.69 Å². The number of nitrogens with zero attached hydrogens (tertiary/aromatic N) is 5. The van der Waals surface area contributed by atoms with E-state index in [0.29, 0.717) is 6.54 Å². The first-order valence-corrected chi connectivity index (χ1v) is 10.6. The Bertz CT molecular complexity index is 796. The minimum atomic E-state index is 0.270. The monoisotopic (exact) mass is 393 g/mol. The second-order valence-electron chi connectivity index (χ2n) is 8.02. The Morgan fingerprint density at radius 3 is 2.24 bits per heavy atom. The maximum Gasteiger partial charge on any atom is 0.236 e. The highest BCUT2D eigenvalue weighted by molar-refractivity contribution is 5.78. The van der Waals surface area contributed by atoms with E-state index in [1.165, 1.54) is 11.3 Å². The summed E-state index contributed by atoms with van der Waals surface area (Å²) in [5.74, 6) is 0.270. The number of rotatable bonds is 5. The van der Waals surface area contributed by atoms with Gasteiger partial charge in [-0.1, -0.05) is 24.3 Å². The number of aryl methyl sites for hydroxylation is 1. The second kappa shape index (κ2) is 9.37. The Labute approximate surface area is 173 Å². The van der Waals surface area contributed by atoms with Gasteiger partial charge in [-0.3, -0.25) is 19.6 Å². The molecule has 0 unspecified atom stereocenters. The van der Waals surface area contributed by atoms with Gasteiger partial charge in [-0.05, 0) is 30.7 Å². The maximum absolute atomic E-state index is 12.8. The Kier molecular flexibility index (Phi) is 6.42. The van der Waals surface area contributed by atoms with Crippen LogP contribution in [0.3, 0.4) is 0 Å². The molecule has 29 heavy (non-hydrogen) atoms. The van der Waals surface area contributed by atoms with E-state index in [0.717, 1.165) is 64.6 Å². The molecular weight excluding hydrogens is 362 g/mol. The van der Waals surface area contributed by atoms with Gasteiger partial charge in [0.1, 0.15) is 0 Å². The van der Waals surface area contributed by atoms with Gasteiger partial charge in [0.05, 0.1) is 12.2 Å². The van der Waals surface area contributed by atoms with E-state index in [1.54, 1.807) is 0 Å². The molecule has 0 spiro atoms. The summed E-state index contributed by atoms with van der Waals surface area (Å²) in [6.07, 6.45) is 1.87. The van der Waals surface area contributed by atoms with Gasteiger partial charge in [-0.15, -0.1) is 0 Å². The smallest absolute Gasteiger partial charge is 0.236 e. The summed E-state index contributed by atoms with van der Waals surface area (Å²) in [7, 11) is 0. The molecule has 0 radical (unpaired) electrons. The third-order valence-corrected chi connectivity index (χ3v) is 6.07. The first kappa shape index (κ1) is 19.9. The average Bonchev–Trinajstić information content (AvgIpc) is 2.77. The van der Waals surface area contributed by atoms with Crippen molar-refractivity contribution < 1.29 is 4.79 Å². The molecule has 4 rings (SSSR count). The van der Waals surface area contributed by atoms with Crippen LogP contribution in [0.25, 0.3) is 0 Å². The fourth-order valence-corrected chi connectivity index (χ4v) is 4.15. The number of amides is 1. The number of aromatic nitrogens is 1. The van der Waals surface area contributed by atoms with Crippen LogP contribution in [0.5, 0.6) is 0 Å². The minimum absolute atomic E-state index is 0.270. The quantitative estimate of drug-likeness (QED) is 0.776. The van der Waals surface area contributed by atoms with Gasteiger partial charge in [0.15, 0.2) is 0 Å². The Morgan fingerprint density at radius 1 is 0.862 bits per heavy atom. The number of hydrogen-bond acceptors (Lipinski definition) is 5. The highest BCUT2D eigenvalue weighted by atomic mass is 16.2. The summed E-state index contributed by atoms with van der Waals surface area (Å²) in [4.78, 5) is 26.4. The average molecular weight is 394 g/mol. The van der Waals surface area contributed by atoms with Gasteiger partial charge in [-0.25, -0.2) is 0 Å². The molecule has 3 heterocycles. The van der Waals surface area contributed by atoms with Gasteiger partial charge in [0, 0.05) is 70.8 Å². The van der Waals surface area contributed by atoms with Crippen molar-refractivity contribution in [2.75, 3.05) is 63.8 Å². The van der Waals surface area contributed by atoms with Gasteiger partial charge < -0.3 is 9.80 Å². The van der Waals surface area contributed by atoms with E-state index in [1.807, 2.05) is 23.2 Å². The van der Waals surface area contributed by atoms with Crippen LogP contribution in [0.15, 0.2) is 48.7 Å². The lowest BCUT2D eigenvalue weighted by Gasteiger charge is -2.38. The number of anilines is 1. The van der Waals surface area contributed by atoms with Crippen LogP contribution < -0.4 is 4.90 Å². The first-order chi connectivity index (χ1) is 14.2. The van der Waals surface area contributed by atoms with Crippen molar-refractivity contribution in [1.29, 1.82) is 0 Å². The predicted molar refractivity (Wildman–Crippen MR) is 116 cm³/mol. The molecule has 6 nitrogen and oxygen atoms in total. The molecule has 0 atom stereocenters. The fourth-order valence-electron chi connectivity index (χ4n) is 4.15. The van der Waals surface area contributed by atoms with Crippen molar-refractivity contribution in [2.24, 2.45) is 0 Å². The summed E-state index contributed by atoms with van der Waals surface area (Å²) >= 11 is 0. The van der Waals surface area contributed by atoms with E-state index in [-0.39, 0.29) is 5.91 Å². The second-order valence-corrected chi connectivity index (χ2v) is 8.02. The van der Waals surface area contributed by atoms with Gasteiger partial charge in [0.25, 0.3) is 0 Å². The van der Waals surface area contributed by atoms with Crippen molar-refractivity contribution in [1.82, 2.24) is 19.7 Å². The first-order valence-electron chi connectivity index (χ1n) is 10.6. The van der Waals surface area contributed by atoms with E-state index in [2.05, 4.69) is 56.9 Å². The van der Waals surface area contributed by atoms with Crippen LogP contribution in [-0.4, -0.2) is 84.5 Å². The zero-order valence-electron chi connectivity index (χ0n) is 17.3. The predicted octanol–water partition coefficient (Wildman–Crippen LogP) is 1.86. The minimum Gasteiger partial charge on any atom is -0.368 e. The molecule has 2 aliphatic heterocycles. The Morgan fingerprint density at radius 2 is 1.55 bits per heavy atom. The molecule has 2 saturated heterocycles. The van der Waals surface area contributed by atoms with Crippen LogP contribution in [-0.2, 0) is 11.3 Å². The van der Waals surface area contributed by atoms with Crippen LogP contribution in [0.2, 0.25) is 0 Å². The maximum atomic E-state index is 12.8. The van der Waals surface area contributed by atoms with E-state index >= 15 is 0 Å². The third-order valence-electron chi connectivity index (χ3n) is 6.07. The van der Waals surface area contributed by atoms with E-state index < -0.39 is 0 Å². The standard InChI is InChI=1S/C23H31N5O/c1-20-6-5-9-24-22(20)18-25-10-12-26(13-11-25)19-23(29)28-16-14-27(15-17-28)21-7-3-2-4-8-21/h2-9H,10-19H2,1H3. The number of pyridine rings is 1. The van der Waals surface area contributed by atoms with Crippen molar-refractivity contribution >= 4 is 11.6 Å². The molecule has 2 aliphatic rings. The zero-order valence-corrected chi connectivity index (χ0v) is 17.3. The van der Waals surface area contributed by atoms with Crippen LogP contribution in [0, 0.1) is 6.92 Å². The highest BCUT2D eigenvalue weighted by Gasteiger charge is 2.25. The highest BCUT2D eigenvalue weighted by Crippen LogP contribution is 2.16. The van der Waals surface area contributed by atoms with Crippen molar-refractivity contribution in [3.63, 3.8) is 0 Å². The number of carbonyl (C=O) groups excluding carboxylic acids is 1. The largest absolute Gasteiger partial charge is 0.368 e. The number of piperazine rings is 2. The van der Waals surface area contributed by atoms with Gasteiger partial charge in [0.2, 0.25) is 5.91 Å². The fraction of sp³-hybridized carbons (Fsp3) is 0.478. The molecule has 1 amide bonds. The van der Waals surface area contributed by atoms with Gasteiger partial charge >= 0.3 is 0 Å². The third kappa shape index (κ3) is 5.14. The summed E-state index contributed by atoms with van der Waals surface area (Å²) in [5, 5.41) is 0. The molecule has 0 aliphatic carbocycles. The summed E-state index contributed by atoms with van der Waals surface area (Å²) < 4.78 is 0. The van der Waals surface area contributed by atoms with Crippen molar-refractivity contribution in [2.45, 2.75) is 13.5 Å². The molecule has 1 aromatic heterocycles. The molecule has 2 fully saturated rings. The van der Waals surface area contributed by atoms with E-state index in [9.17, 15) is 4.79 Å². The molecule has 2 aromatic rings. The van der Waals surface area contributed by atoms with Crippen LogP contribution in [0.1, 0.15) is 11.3 Å². The molecule has 0 bridgehead atoms. The number of benzene rings is 1. The lowest BCUT2D eigenvalue weighted by atomic mass is 10.2. The molecule has 0 N–H and O–H groups in total. The van der Waals surface area contributed by atoms with Crippen molar-refractivity contribution in [3.05, 3.63) is 59.9 Å². The topological polar surface area (TPSA) is 42.9 Å². The SMILES string of the molecule is Cc1cccnc1CN1CCN(CC(=O)N2CCN(c3ccccc3)CC2)CC1. The number of para-hydroxylation sites is 1. The summed E-state index contributed by atoms with van der Waals surface area (Å²) in [6, 6.07) is 14.6. The van der Waals surface area contributed by atoms with Crippen molar-refractivity contribution in [3.8, 4) is 0 Å². The lowest BCUT2D eigenvalue weighted by molar-refractivity contribution is -0.133. The molecule has 1 aromatic carbocycles. The Hall–Kier alpha value is -2.44. The molecule has 0 saturated carbocycles. The van der Waals surface area contributed by atoms with Gasteiger partial charge in [-0.2, -0.15) is 0 Å².